The SMILES string of the molecule is CCN(C(=O)CNC(=O)c1cccc(OC2CCCCC2)c1C(=N)Cc1cccnc1)c1ccc(OF)c(O)c1.F. The molecule has 2 amide bonds. The number of anilines is 1. The molecule has 3 aromatic rings. The van der Waals surface area contributed by atoms with E-state index in [1.165, 1.54) is 29.5 Å². The maximum atomic E-state index is 13.4. The summed E-state index contributed by atoms with van der Waals surface area (Å²) in [7, 11) is 0. The molecule has 4 rings (SSSR count). The number of aromatic hydroxyl groups is 1. The number of halogens is 2. The number of phenols is 1. The third-order valence-electron chi connectivity index (χ3n) is 6.88. The molecular formula is C30H34F2N4O5. The highest BCUT2D eigenvalue weighted by Crippen LogP contribution is 2.32. The fourth-order valence-corrected chi connectivity index (χ4v) is 4.88. The summed E-state index contributed by atoms with van der Waals surface area (Å²) >= 11 is 0. The van der Waals surface area contributed by atoms with Gasteiger partial charge in [-0.15, -0.1) is 0 Å². The smallest absolute Gasteiger partial charge is 0.252 e. The van der Waals surface area contributed by atoms with Crippen LogP contribution in [0.1, 0.15) is 60.5 Å². The van der Waals surface area contributed by atoms with Crippen LogP contribution in [0.2, 0.25) is 0 Å². The van der Waals surface area contributed by atoms with Crippen molar-refractivity contribution in [3.8, 4) is 17.2 Å². The van der Waals surface area contributed by atoms with E-state index in [0.717, 1.165) is 31.2 Å². The second-order valence-electron chi connectivity index (χ2n) is 9.62. The van der Waals surface area contributed by atoms with Gasteiger partial charge in [-0.05, 0) is 68.5 Å². The molecule has 1 heterocycles. The summed E-state index contributed by atoms with van der Waals surface area (Å²) < 4.78 is 18.8. The number of amides is 2. The molecule has 1 aliphatic carbocycles. The van der Waals surface area contributed by atoms with Gasteiger partial charge in [0.25, 0.3) is 5.91 Å². The first-order valence-corrected chi connectivity index (χ1v) is 13.4. The fraction of sp³-hybridized carbons (Fsp3) is 0.333. The molecule has 0 aliphatic heterocycles. The molecule has 1 saturated carbocycles. The molecule has 0 spiro atoms. The maximum Gasteiger partial charge on any atom is 0.252 e. The standard InChI is InChI=1S/C30H33FN4O5.FH/c1-2-35(21-13-14-26(40-31)25(36)17-21)28(37)19-34-30(38)23-11-6-12-27(39-22-9-4-3-5-10-22)29(23)24(32)16-20-8-7-15-33-18-20;/h6-8,11-15,17-18,22,32,36H,2-5,9-10,16,19H2,1H3,(H,34,38);1H. The van der Waals surface area contributed by atoms with Gasteiger partial charge in [-0.2, -0.15) is 0 Å². The summed E-state index contributed by atoms with van der Waals surface area (Å²) in [4.78, 5) is 35.5. The number of aromatic nitrogens is 1. The minimum atomic E-state index is -0.520. The first-order chi connectivity index (χ1) is 19.4. The highest BCUT2D eigenvalue weighted by molar-refractivity contribution is 6.12. The van der Waals surface area contributed by atoms with Crippen molar-refractivity contribution in [2.75, 3.05) is 18.0 Å². The van der Waals surface area contributed by atoms with E-state index >= 15 is 0 Å². The van der Waals surface area contributed by atoms with Crippen molar-refractivity contribution < 1.29 is 33.6 Å². The van der Waals surface area contributed by atoms with Crippen molar-refractivity contribution in [2.24, 2.45) is 0 Å². The molecule has 41 heavy (non-hydrogen) atoms. The molecule has 2 aromatic carbocycles. The predicted molar refractivity (Wildman–Crippen MR) is 151 cm³/mol. The van der Waals surface area contributed by atoms with Crippen LogP contribution in [0, 0.1) is 5.41 Å². The summed E-state index contributed by atoms with van der Waals surface area (Å²) in [6.07, 6.45) is 8.76. The number of phenolic OH excluding ortho intramolecular Hbond substituents is 1. The van der Waals surface area contributed by atoms with Crippen molar-refractivity contribution in [3.05, 3.63) is 77.6 Å². The number of hydrogen-bond acceptors (Lipinski definition) is 7. The Morgan fingerprint density at radius 1 is 1.12 bits per heavy atom. The molecule has 0 radical (unpaired) electrons. The lowest BCUT2D eigenvalue weighted by Crippen LogP contribution is -2.40. The molecule has 3 N–H and O–H groups in total. The molecular weight excluding hydrogens is 534 g/mol. The third kappa shape index (κ3) is 7.77. The van der Waals surface area contributed by atoms with Crippen LogP contribution in [0.5, 0.6) is 17.2 Å². The fourth-order valence-electron chi connectivity index (χ4n) is 4.88. The van der Waals surface area contributed by atoms with Crippen molar-refractivity contribution in [1.29, 1.82) is 5.41 Å². The maximum absolute atomic E-state index is 13.4. The van der Waals surface area contributed by atoms with Crippen molar-refractivity contribution in [1.82, 2.24) is 10.3 Å². The molecule has 1 aromatic heterocycles. The molecule has 218 valence electrons. The van der Waals surface area contributed by atoms with Gasteiger partial charge in [0.15, 0.2) is 5.75 Å². The minimum Gasteiger partial charge on any atom is -0.504 e. The molecule has 9 nitrogen and oxygen atoms in total. The van der Waals surface area contributed by atoms with Crippen molar-refractivity contribution >= 4 is 23.2 Å². The predicted octanol–water partition coefficient (Wildman–Crippen LogP) is 5.31. The first-order valence-electron chi connectivity index (χ1n) is 13.4. The zero-order valence-electron chi connectivity index (χ0n) is 22.8. The van der Waals surface area contributed by atoms with Crippen LogP contribution in [0.25, 0.3) is 0 Å². The number of carbonyl (C=O) groups excluding carboxylic acids is 2. The summed E-state index contributed by atoms with van der Waals surface area (Å²) in [5.41, 5.74) is 1.98. The van der Waals surface area contributed by atoms with E-state index in [-0.39, 0.29) is 47.3 Å². The Morgan fingerprint density at radius 3 is 2.56 bits per heavy atom. The Bertz CT molecular complexity index is 1350. The van der Waals surface area contributed by atoms with Crippen LogP contribution in [0.4, 0.5) is 14.9 Å². The number of nitrogens with zero attached hydrogens (tertiary/aromatic N) is 2. The number of ether oxygens (including phenoxy) is 1. The summed E-state index contributed by atoms with van der Waals surface area (Å²) in [6.45, 7) is 1.65. The first kappa shape index (κ1) is 31.0. The van der Waals surface area contributed by atoms with Gasteiger partial charge in [0, 0.05) is 47.4 Å². The van der Waals surface area contributed by atoms with E-state index in [9.17, 15) is 19.2 Å². The minimum absolute atomic E-state index is 0. The molecule has 0 bridgehead atoms. The topological polar surface area (TPSA) is 125 Å². The van der Waals surface area contributed by atoms with Gasteiger partial charge in [0.2, 0.25) is 11.7 Å². The van der Waals surface area contributed by atoms with E-state index in [4.69, 9.17) is 10.1 Å². The largest absolute Gasteiger partial charge is 0.504 e. The van der Waals surface area contributed by atoms with Gasteiger partial charge in [-0.1, -0.05) is 18.6 Å². The third-order valence-corrected chi connectivity index (χ3v) is 6.88. The van der Waals surface area contributed by atoms with E-state index < -0.39 is 17.6 Å². The van der Waals surface area contributed by atoms with Gasteiger partial charge in [-0.25, -0.2) is 0 Å². The van der Waals surface area contributed by atoms with E-state index in [1.54, 1.807) is 43.6 Å². The number of carbonyl (C=O) groups is 2. The number of likely N-dealkylation sites (N-methyl/N-ethyl adjacent to an activating group) is 1. The second kappa shape index (κ2) is 14.7. The average molecular weight is 569 g/mol. The van der Waals surface area contributed by atoms with Gasteiger partial charge >= 0.3 is 0 Å². The van der Waals surface area contributed by atoms with Gasteiger partial charge < -0.3 is 25.5 Å². The monoisotopic (exact) mass is 568 g/mol. The highest BCUT2D eigenvalue weighted by atomic mass is 19.3. The zero-order chi connectivity index (χ0) is 28.5. The molecule has 0 atom stereocenters. The summed E-state index contributed by atoms with van der Waals surface area (Å²) in [5, 5.41) is 21.5. The van der Waals surface area contributed by atoms with Crippen LogP contribution in [0.15, 0.2) is 60.9 Å². The lowest BCUT2D eigenvalue weighted by atomic mass is 9.95. The van der Waals surface area contributed by atoms with Crippen LogP contribution in [0.3, 0.4) is 0 Å². The molecule has 11 heteroatoms. The Labute approximate surface area is 237 Å². The Balaban J connectivity index is 0.00000462. The van der Waals surface area contributed by atoms with Gasteiger partial charge in [0.1, 0.15) is 5.75 Å². The van der Waals surface area contributed by atoms with Crippen LogP contribution < -0.4 is 19.9 Å². The zero-order valence-corrected chi connectivity index (χ0v) is 22.8. The van der Waals surface area contributed by atoms with Gasteiger partial charge in [0.05, 0.1) is 23.8 Å². The van der Waals surface area contributed by atoms with Gasteiger partial charge in [-0.3, -0.25) is 24.2 Å². The summed E-state index contributed by atoms with van der Waals surface area (Å²) in [6, 6.07) is 12.6. The molecule has 1 fully saturated rings. The van der Waals surface area contributed by atoms with Crippen molar-refractivity contribution in [2.45, 2.75) is 51.6 Å². The summed E-state index contributed by atoms with van der Waals surface area (Å²) in [5.74, 6) is -1.31. The molecule has 1 aliphatic rings. The van der Waals surface area contributed by atoms with Crippen LogP contribution >= 0.6 is 0 Å². The van der Waals surface area contributed by atoms with E-state index in [1.807, 2.05) is 6.07 Å². The molecule has 0 unspecified atom stereocenters. The van der Waals surface area contributed by atoms with Crippen LogP contribution in [-0.2, 0) is 11.2 Å². The Morgan fingerprint density at radius 2 is 1.90 bits per heavy atom. The number of rotatable bonds is 11. The lowest BCUT2D eigenvalue weighted by Gasteiger charge is -2.25. The number of pyridine rings is 1. The normalized spacial score (nSPS) is 13.0. The number of benzene rings is 2. The highest BCUT2D eigenvalue weighted by Gasteiger charge is 2.24. The lowest BCUT2D eigenvalue weighted by molar-refractivity contribution is -0.117. The van der Waals surface area contributed by atoms with E-state index in [2.05, 4.69) is 15.2 Å². The number of nitrogens with one attached hydrogen (secondary N) is 2. The Kier molecular flexibility index (Phi) is 11.1. The molecule has 0 saturated heterocycles. The quantitative estimate of drug-likeness (QED) is 0.269. The van der Waals surface area contributed by atoms with E-state index in [0.29, 0.717) is 17.0 Å². The average Bonchev–Trinajstić information content (AvgIpc) is 2.97. The second-order valence-corrected chi connectivity index (χ2v) is 9.62. The van der Waals surface area contributed by atoms with Crippen LogP contribution in [-0.4, -0.2) is 46.8 Å². The van der Waals surface area contributed by atoms with Crippen molar-refractivity contribution in [3.63, 3.8) is 0 Å². The number of hydrogen-bond donors (Lipinski definition) is 3. The Hall–Kier alpha value is -4.54.